The van der Waals surface area contributed by atoms with Gasteiger partial charge in [0, 0.05) is 11.7 Å². The van der Waals surface area contributed by atoms with Crippen molar-refractivity contribution in [3.05, 3.63) is 33.8 Å². The molecule has 0 fully saturated rings. The molecule has 0 unspecified atom stereocenters. The number of halogens is 1. The topological polar surface area (TPSA) is 47.8 Å². The van der Waals surface area contributed by atoms with Crippen LogP contribution < -0.4 is 5.56 Å². The van der Waals surface area contributed by atoms with Crippen LogP contribution in [0.15, 0.2) is 23.1 Å². The average Bonchev–Trinajstić information content (AvgIpc) is 2.17. The summed E-state index contributed by atoms with van der Waals surface area (Å²) < 4.78 is 1.57. The van der Waals surface area contributed by atoms with E-state index in [1.807, 2.05) is 20.8 Å². The summed E-state index contributed by atoms with van der Waals surface area (Å²) in [6, 6.07) is 3.55. The van der Waals surface area contributed by atoms with Gasteiger partial charge in [0.05, 0.1) is 0 Å². The van der Waals surface area contributed by atoms with E-state index in [-0.39, 0.29) is 16.3 Å². The molecule has 0 saturated carbocycles. The molecule has 16 heavy (non-hydrogen) atoms. The van der Waals surface area contributed by atoms with Crippen molar-refractivity contribution in [2.45, 2.75) is 26.3 Å². The van der Waals surface area contributed by atoms with Gasteiger partial charge < -0.3 is 0 Å². The molecule has 84 valence electrons. The van der Waals surface area contributed by atoms with Gasteiger partial charge in [0.1, 0.15) is 5.52 Å². The lowest BCUT2D eigenvalue weighted by atomic mass is 10.1. The zero-order valence-corrected chi connectivity index (χ0v) is 10.1. The van der Waals surface area contributed by atoms with Crippen molar-refractivity contribution in [1.82, 2.24) is 14.5 Å². The van der Waals surface area contributed by atoms with E-state index in [4.69, 9.17) is 11.6 Å². The van der Waals surface area contributed by atoms with E-state index in [1.165, 1.54) is 0 Å². The van der Waals surface area contributed by atoms with Gasteiger partial charge >= 0.3 is 0 Å². The molecule has 0 atom stereocenters. The highest BCUT2D eigenvalue weighted by atomic mass is 35.5. The third kappa shape index (κ3) is 1.69. The molecule has 0 amide bonds. The monoisotopic (exact) mass is 237 g/mol. The minimum Gasteiger partial charge on any atom is -0.283 e. The largest absolute Gasteiger partial charge is 0.290 e. The molecule has 2 aromatic rings. The summed E-state index contributed by atoms with van der Waals surface area (Å²) in [7, 11) is 0. The van der Waals surface area contributed by atoms with Gasteiger partial charge in [-0.25, -0.2) is 9.97 Å². The maximum Gasteiger partial charge on any atom is 0.290 e. The third-order valence-corrected chi connectivity index (χ3v) is 2.49. The lowest BCUT2D eigenvalue weighted by molar-refractivity contribution is 0.394. The van der Waals surface area contributed by atoms with E-state index < -0.39 is 0 Å². The van der Waals surface area contributed by atoms with E-state index in [1.54, 1.807) is 22.9 Å². The van der Waals surface area contributed by atoms with Crippen molar-refractivity contribution < 1.29 is 0 Å². The van der Waals surface area contributed by atoms with Crippen LogP contribution in [0.4, 0.5) is 0 Å². The Morgan fingerprint density at radius 2 is 2.06 bits per heavy atom. The molecule has 0 spiro atoms. The molecular weight excluding hydrogens is 226 g/mol. The number of hydrogen-bond donors (Lipinski definition) is 0. The van der Waals surface area contributed by atoms with Crippen LogP contribution in [0.2, 0.25) is 5.15 Å². The molecule has 0 aliphatic heterocycles. The van der Waals surface area contributed by atoms with E-state index in [2.05, 4.69) is 9.97 Å². The Hall–Kier alpha value is -1.42. The Bertz CT molecular complexity index is 598. The summed E-state index contributed by atoms with van der Waals surface area (Å²) in [5, 5.41) is -0.0181. The first-order valence-electron chi connectivity index (χ1n) is 4.95. The predicted molar refractivity (Wildman–Crippen MR) is 63.8 cm³/mol. The van der Waals surface area contributed by atoms with Gasteiger partial charge in [0.25, 0.3) is 5.56 Å². The number of fused-ring (bicyclic) bond motifs is 1. The number of rotatable bonds is 0. The Balaban J connectivity index is 2.99. The van der Waals surface area contributed by atoms with Gasteiger partial charge in [-0.15, -0.1) is 0 Å². The summed E-state index contributed by atoms with van der Waals surface area (Å²) in [6.07, 6.45) is 1.64. The predicted octanol–water partition coefficient (Wildman–Crippen LogP) is 2.20. The first kappa shape index (κ1) is 11.1. The van der Waals surface area contributed by atoms with Crippen molar-refractivity contribution in [2.75, 3.05) is 0 Å². The number of hydrogen-bond acceptors (Lipinski definition) is 3. The van der Waals surface area contributed by atoms with E-state index in [0.29, 0.717) is 11.2 Å². The second-order valence-corrected chi connectivity index (χ2v) is 4.92. The molecule has 0 bridgehead atoms. The molecule has 5 heteroatoms. The Morgan fingerprint density at radius 1 is 1.38 bits per heavy atom. The first-order chi connectivity index (χ1) is 7.41. The molecular formula is C11H12ClN3O. The van der Waals surface area contributed by atoms with Crippen LogP contribution in [-0.4, -0.2) is 14.5 Å². The summed E-state index contributed by atoms with van der Waals surface area (Å²) in [5.74, 6) is 0. The van der Waals surface area contributed by atoms with E-state index in [0.717, 1.165) is 0 Å². The summed E-state index contributed by atoms with van der Waals surface area (Å²) >= 11 is 5.83. The molecule has 4 nitrogen and oxygen atoms in total. The van der Waals surface area contributed by atoms with Crippen molar-refractivity contribution in [3.8, 4) is 0 Å². The Kier molecular flexibility index (Phi) is 2.46. The lowest BCUT2D eigenvalue weighted by Crippen LogP contribution is -2.35. The maximum absolute atomic E-state index is 12.0. The third-order valence-electron chi connectivity index (χ3n) is 2.25. The second kappa shape index (κ2) is 3.56. The maximum atomic E-state index is 12.0. The summed E-state index contributed by atoms with van der Waals surface area (Å²) in [4.78, 5) is 20.2. The van der Waals surface area contributed by atoms with Gasteiger partial charge in [-0.3, -0.25) is 9.36 Å². The molecule has 2 aromatic heterocycles. The SMILES string of the molecule is CC(C)(C)n1c(=O)c(Cl)nc2cccnc21. The second-order valence-electron chi connectivity index (χ2n) is 4.56. The number of pyridine rings is 1. The van der Waals surface area contributed by atoms with Crippen molar-refractivity contribution in [2.24, 2.45) is 0 Å². The molecule has 0 N–H and O–H groups in total. The molecule has 0 aromatic carbocycles. The Labute approximate surface area is 97.9 Å². The standard InChI is InChI=1S/C11H12ClN3O/c1-11(2,3)15-9-7(5-4-6-13-9)14-8(12)10(15)16/h4-6H,1-3H3. The molecule has 2 heterocycles. The first-order valence-corrected chi connectivity index (χ1v) is 5.33. The Morgan fingerprint density at radius 3 is 2.69 bits per heavy atom. The van der Waals surface area contributed by atoms with Crippen LogP contribution in [0, 0.1) is 0 Å². The average molecular weight is 238 g/mol. The van der Waals surface area contributed by atoms with Crippen molar-refractivity contribution >= 4 is 22.8 Å². The van der Waals surface area contributed by atoms with Crippen LogP contribution >= 0.6 is 11.6 Å². The molecule has 0 aliphatic carbocycles. The van der Waals surface area contributed by atoms with Gasteiger partial charge in [-0.2, -0.15) is 0 Å². The zero-order chi connectivity index (χ0) is 11.9. The smallest absolute Gasteiger partial charge is 0.283 e. The van der Waals surface area contributed by atoms with Gasteiger partial charge in [-0.1, -0.05) is 11.6 Å². The fraction of sp³-hybridized carbons (Fsp3) is 0.364. The summed E-state index contributed by atoms with van der Waals surface area (Å²) in [6.45, 7) is 5.79. The highest BCUT2D eigenvalue weighted by molar-refractivity contribution is 6.29. The van der Waals surface area contributed by atoms with Crippen molar-refractivity contribution in [3.63, 3.8) is 0 Å². The van der Waals surface area contributed by atoms with E-state index in [9.17, 15) is 4.79 Å². The van der Waals surface area contributed by atoms with Crippen LogP contribution in [0.1, 0.15) is 20.8 Å². The fourth-order valence-electron chi connectivity index (χ4n) is 1.61. The van der Waals surface area contributed by atoms with Crippen molar-refractivity contribution in [1.29, 1.82) is 0 Å². The highest BCUT2D eigenvalue weighted by Crippen LogP contribution is 2.18. The fourth-order valence-corrected chi connectivity index (χ4v) is 1.79. The van der Waals surface area contributed by atoms with E-state index >= 15 is 0 Å². The zero-order valence-electron chi connectivity index (χ0n) is 9.36. The number of nitrogens with zero attached hydrogens (tertiary/aromatic N) is 3. The minimum absolute atomic E-state index is 0.0181. The van der Waals surface area contributed by atoms with Gasteiger partial charge in [-0.05, 0) is 32.9 Å². The van der Waals surface area contributed by atoms with Crippen LogP contribution in [0.3, 0.4) is 0 Å². The van der Waals surface area contributed by atoms with Crippen LogP contribution in [0.25, 0.3) is 11.2 Å². The normalized spacial score (nSPS) is 12.0. The summed E-state index contributed by atoms with van der Waals surface area (Å²) in [5.41, 5.74) is 0.503. The van der Waals surface area contributed by atoms with Crippen LogP contribution in [-0.2, 0) is 5.54 Å². The van der Waals surface area contributed by atoms with Gasteiger partial charge in [0.15, 0.2) is 10.8 Å². The molecule has 0 aliphatic rings. The molecule has 2 rings (SSSR count). The van der Waals surface area contributed by atoms with Gasteiger partial charge in [0.2, 0.25) is 0 Å². The minimum atomic E-state index is -0.379. The number of aromatic nitrogens is 3. The quantitative estimate of drug-likeness (QED) is 0.706. The lowest BCUT2D eigenvalue weighted by Gasteiger charge is -2.23. The molecule has 0 saturated heterocycles. The van der Waals surface area contributed by atoms with Crippen LogP contribution in [0.5, 0.6) is 0 Å². The highest BCUT2D eigenvalue weighted by Gasteiger charge is 2.20. The molecule has 0 radical (unpaired) electrons.